The molecule has 1 nitrogen and oxygen atoms in total. The molecule has 15 heavy (non-hydrogen) atoms. The van der Waals surface area contributed by atoms with Gasteiger partial charge in [0.1, 0.15) is 0 Å². The highest BCUT2D eigenvalue weighted by atomic mass is 35.5. The van der Waals surface area contributed by atoms with Crippen molar-refractivity contribution in [2.75, 3.05) is 0 Å². The Balaban J connectivity index is 0.00000196. The Morgan fingerprint density at radius 2 is 2.00 bits per heavy atom. The van der Waals surface area contributed by atoms with Gasteiger partial charge in [0.15, 0.2) is 0 Å². The van der Waals surface area contributed by atoms with Crippen LogP contribution in [0.25, 0.3) is 0 Å². The number of hydrogen-bond donors (Lipinski definition) is 1. The van der Waals surface area contributed by atoms with E-state index >= 15 is 0 Å². The number of benzene rings is 1. The van der Waals surface area contributed by atoms with Crippen molar-refractivity contribution in [3.8, 4) is 0 Å². The highest BCUT2D eigenvalue weighted by molar-refractivity contribution is 6.35. The number of rotatable bonds is 4. The Morgan fingerprint density at radius 3 is 2.53 bits per heavy atom. The van der Waals surface area contributed by atoms with Crippen LogP contribution in [0.5, 0.6) is 0 Å². The SMILES string of the molecule is CCCC[C@H](N)c1ccc(Cl)cc1Cl.Cl. The molecule has 2 N–H and O–H groups in total. The van der Waals surface area contributed by atoms with Gasteiger partial charge >= 0.3 is 0 Å². The van der Waals surface area contributed by atoms with Gasteiger partial charge in [0, 0.05) is 16.1 Å². The molecule has 0 aliphatic heterocycles. The zero-order valence-electron chi connectivity index (χ0n) is 8.67. The van der Waals surface area contributed by atoms with Crippen molar-refractivity contribution >= 4 is 35.6 Å². The molecule has 1 aromatic rings. The third kappa shape index (κ3) is 4.60. The van der Waals surface area contributed by atoms with E-state index in [1.54, 1.807) is 6.07 Å². The predicted molar refractivity (Wildman–Crippen MR) is 70.2 cm³/mol. The average Bonchev–Trinajstić information content (AvgIpc) is 2.14. The van der Waals surface area contributed by atoms with Gasteiger partial charge in [-0.05, 0) is 24.1 Å². The molecule has 4 heteroatoms. The molecule has 0 heterocycles. The van der Waals surface area contributed by atoms with Gasteiger partial charge in [-0.3, -0.25) is 0 Å². The van der Waals surface area contributed by atoms with Crippen LogP contribution in [0.4, 0.5) is 0 Å². The van der Waals surface area contributed by atoms with E-state index in [0.29, 0.717) is 10.0 Å². The molecule has 0 aliphatic rings. The van der Waals surface area contributed by atoms with Crippen molar-refractivity contribution in [1.29, 1.82) is 0 Å². The molecule has 0 saturated carbocycles. The summed E-state index contributed by atoms with van der Waals surface area (Å²) in [5.74, 6) is 0. The molecule has 86 valence electrons. The van der Waals surface area contributed by atoms with Crippen LogP contribution in [0.15, 0.2) is 18.2 Å². The van der Waals surface area contributed by atoms with Crippen LogP contribution in [-0.2, 0) is 0 Å². The molecule has 0 bridgehead atoms. The van der Waals surface area contributed by atoms with Crippen LogP contribution in [0, 0.1) is 0 Å². The number of nitrogens with two attached hydrogens (primary N) is 1. The van der Waals surface area contributed by atoms with Crippen molar-refractivity contribution in [2.24, 2.45) is 5.73 Å². The Morgan fingerprint density at radius 1 is 1.33 bits per heavy atom. The van der Waals surface area contributed by atoms with Gasteiger partial charge in [0.05, 0.1) is 0 Å². The lowest BCUT2D eigenvalue weighted by Gasteiger charge is -2.13. The van der Waals surface area contributed by atoms with E-state index in [9.17, 15) is 0 Å². The van der Waals surface area contributed by atoms with Gasteiger partial charge in [0.25, 0.3) is 0 Å². The lowest BCUT2D eigenvalue weighted by atomic mass is 10.0. The lowest BCUT2D eigenvalue weighted by Crippen LogP contribution is -2.10. The Labute approximate surface area is 107 Å². The summed E-state index contributed by atoms with van der Waals surface area (Å²) in [5.41, 5.74) is 6.99. The molecule has 0 saturated heterocycles. The second-order valence-corrected chi connectivity index (χ2v) is 4.26. The predicted octanol–water partition coefficient (Wildman–Crippen LogP) is 4.61. The fourth-order valence-corrected chi connectivity index (χ4v) is 1.93. The highest BCUT2D eigenvalue weighted by Gasteiger charge is 2.09. The average molecular weight is 269 g/mol. The van der Waals surface area contributed by atoms with E-state index in [1.165, 1.54) is 0 Å². The summed E-state index contributed by atoms with van der Waals surface area (Å²) in [7, 11) is 0. The van der Waals surface area contributed by atoms with Crippen molar-refractivity contribution in [3.63, 3.8) is 0 Å². The van der Waals surface area contributed by atoms with Crippen molar-refractivity contribution < 1.29 is 0 Å². The summed E-state index contributed by atoms with van der Waals surface area (Å²) >= 11 is 11.8. The standard InChI is InChI=1S/C11H15Cl2N.ClH/c1-2-3-4-11(14)9-6-5-8(12)7-10(9)13;/h5-7,11H,2-4,14H2,1H3;1H/t11-;/m0./s1. The zero-order chi connectivity index (χ0) is 10.6. The van der Waals surface area contributed by atoms with E-state index in [2.05, 4.69) is 6.92 Å². The minimum atomic E-state index is 0. The fourth-order valence-electron chi connectivity index (χ4n) is 1.38. The van der Waals surface area contributed by atoms with E-state index in [1.807, 2.05) is 12.1 Å². The molecule has 0 amide bonds. The van der Waals surface area contributed by atoms with Gasteiger partial charge < -0.3 is 5.73 Å². The highest BCUT2D eigenvalue weighted by Crippen LogP contribution is 2.27. The van der Waals surface area contributed by atoms with Crippen LogP contribution in [0.3, 0.4) is 0 Å². The monoisotopic (exact) mass is 267 g/mol. The molecular formula is C11H16Cl3N. The molecule has 0 unspecified atom stereocenters. The summed E-state index contributed by atoms with van der Waals surface area (Å²) in [6.45, 7) is 2.15. The number of hydrogen-bond acceptors (Lipinski definition) is 1. The van der Waals surface area contributed by atoms with Gasteiger partial charge in [-0.15, -0.1) is 12.4 Å². The Bertz CT molecular complexity index is 302. The van der Waals surface area contributed by atoms with Crippen LogP contribution in [0.1, 0.15) is 37.8 Å². The number of unbranched alkanes of at least 4 members (excludes halogenated alkanes) is 1. The second-order valence-electron chi connectivity index (χ2n) is 3.41. The van der Waals surface area contributed by atoms with Crippen molar-refractivity contribution in [2.45, 2.75) is 32.2 Å². The smallest absolute Gasteiger partial charge is 0.0468 e. The van der Waals surface area contributed by atoms with E-state index in [0.717, 1.165) is 24.8 Å². The van der Waals surface area contributed by atoms with Gasteiger partial charge in [0.2, 0.25) is 0 Å². The first-order valence-corrected chi connectivity index (χ1v) is 5.61. The molecule has 0 spiro atoms. The maximum absolute atomic E-state index is 6.04. The topological polar surface area (TPSA) is 26.0 Å². The molecule has 0 aromatic heterocycles. The quantitative estimate of drug-likeness (QED) is 0.848. The first kappa shape index (κ1) is 15.0. The minimum Gasteiger partial charge on any atom is -0.324 e. The molecule has 1 aromatic carbocycles. The van der Waals surface area contributed by atoms with Gasteiger partial charge in [-0.2, -0.15) is 0 Å². The lowest BCUT2D eigenvalue weighted by molar-refractivity contribution is 0.603. The first-order valence-electron chi connectivity index (χ1n) is 4.85. The summed E-state index contributed by atoms with van der Waals surface area (Å²) < 4.78 is 0. The molecule has 0 aliphatic carbocycles. The van der Waals surface area contributed by atoms with Crippen molar-refractivity contribution in [1.82, 2.24) is 0 Å². The van der Waals surface area contributed by atoms with E-state index in [-0.39, 0.29) is 18.4 Å². The van der Waals surface area contributed by atoms with Crippen LogP contribution >= 0.6 is 35.6 Å². The maximum Gasteiger partial charge on any atom is 0.0468 e. The molecule has 0 fully saturated rings. The van der Waals surface area contributed by atoms with Crippen molar-refractivity contribution in [3.05, 3.63) is 33.8 Å². The summed E-state index contributed by atoms with van der Waals surface area (Å²) in [5, 5.41) is 1.32. The van der Waals surface area contributed by atoms with Gasteiger partial charge in [-0.25, -0.2) is 0 Å². The largest absolute Gasteiger partial charge is 0.324 e. The van der Waals surface area contributed by atoms with E-state index < -0.39 is 0 Å². The molecule has 1 rings (SSSR count). The fraction of sp³-hybridized carbons (Fsp3) is 0.455. The number of halogens is 3. The molecule has 0 radical (unpaired) electrons. The summed E-state index contributed by atoms with van der Waals surface area (Å²) in [4.78, 5) is 0. The Kier molecular flexibility index (Phi) is 7.37. The normalized spacial score (nSPS) is 12.0. The first-order chi connectivity index (χ1) is 6.65. The van der Waals surface area contributed by atoms with Gasteiger partial charge in [-0.1, -0.05) is 49.0 Å². The minimum absolute atomic E-state index is 0. The van der Waals surface area contributed by atoms with Crippen LogP contribution in [-0.4, -0.2) is 0 Å². The molecular weight excluding hydrogens is 252 g/mol. The summed E-state index contributed by atoms with van der Waals surface area (Å²) in [6.07, 6.45) is 3.25. The van der Waals surface area contributed by atoms with Crippen LogP contribution in [0.2, 0.25) is 10.0 Å². The van der Waals surface area contributed by atoms with Crippen LogP contribution < -0.4 is 5.73 Å². The molecule has 1 atom stereocenters. The van der Waals surface area contributed by atoms with E-state index in [4.69, 9.17) is 28.9 Å². The summed E-state index contributed by atoms with van der Waals surface area (Å²) in [6, 6.07) is 5.50. The maximum atomic E-state index is 6.04. The third-order valence-electron chi connectivity index (χ3n) is 2.23. The zero-order valence-corrected chi connectivity index (χ0v) is 11.0. The second kappa shape index (κ2) is 7.34. The Hall–Kier alpha value is 0.0500. The third-order valence-corrected chi connectivity index (χ3v) is 2.79.